The van der Waals surface area contributed by atoms with Crippen LogP contribution in [0.1, 0.15) is 47.6 Å². The van der Waals surface area contributed by atoms with Gasteiger partial charge in [-0.2, -0.15) is 0 Å². The molecule has 33 heavy (non-hydrogen) atoms. The second kappa shape index (κ2) is 9.32. The molecule has 1 aliphatic rings. The lowest BCUT2D eigenvalue weighted by atomic mass is 9.86. The Labute approximate surface area is 199 Å². The predicted octanol–water partition coefficient (Wildman–Crippen LogP) is 6.02. The summed E-state index contributed by atoms with van der Waals surface area (Å²) in [6, 6.07) is 22.8. The Morgan fingerprint density at radius 1 is 1.00 bits per heavy atom. The number of nitrogens with zero attached hydrogens (tertiary/aromatic N) is 1. The van der Waals surface area contributed by atoms with Gasteiger partial charge in [0.25, 0.3) is 5.91 Å². The van der Waals surface area contributed by atoms with E-state index in [9.17, 15) is 9.59 Å². The van der Waals surface area contributed by atoms with Crippen molar-refractivity contribution in [2.24, 2.45) is 0 Å². The number of hydrogen-bond donors (Lipinski definition) is 1. The van der Waals surface area contributed by atoms with Crippen LogP contribution in [0.2, 0.25) is 0 Å². The fraction of sp³-hybridized carbons (Fsp3) is 0.259. The molecule has 0 bridgehead atoms. The molecule has 6 heteroatoms. The molecule has 3 aromatic carbocycles. The topological polar surface area (TPSA) is 58.6 Å². The van der Waals surface area contributed by atoms with Crippen molar-refractivity contribution in [2.45, 2.75) is 31.6 Å². The van der Waals surface area contributed by atoms with Crippen LogP contribution in [0.3, 0.4) is 0 Å². The molecular formula is C27H28N2O3S. The first-order chi connectivity index (χ1) is 15.8. The molecule has 1 N–H and O–H groups in total. The molecule has 4 rings (SSSR count). The first kappa shape index (κ1) is 22.9. The molecule has 1 aliphatic heterocycles. The molecule has 1 unspecified atom stereocenters. The number of carbonyl (C=O) groups is 2. The number of rotatable bonds is 5. The van der Waals surface area contributed by atoms with E-state index in [1.807, 2.05) is 72.8 Å². The van der Waals surface area contributed by atoms with Crippen molar-refractivity contribution in [2.75, 3.05) is 23.1 Å². The number of methoxy groups -OCH3 is 1. The molecular weight excluding hydrogens is 432 g/mol. The number of carbonyl (C=O) groups excluding carboxylic acids is 2. The van der Waals surface area contributed by atoms with Crippen LogP contribution in [0.15, 0.2) is 72.8 Å². The van der Waals surface area contributed by atoms with Gasteiger partial charge >= 0.3 is 0 Å². The normalized spacial score (nSPS) is 16.1. The molecule has 0 saturated carbocycles. The SMILES string of the molecule is COc1ccccc1N1C(=O)CSC1c1ccccc1NC(=O)c1ccc(C(C)(C)C)cc1. The van der Waals surface area contributed by atoms with Crippen LogP contribution in [0, 0.1) is 0 Å². The van der Waals surface area contributed by atoms with Gasteiger partial charge in [0.2, 0.25) is 5.91 Å². The summed E-state index contributed by atoms with van der Waals surface area (Å²) < 4.78 is 5.50. The van der Waals surface area contributed by atoms with E-state index in [2.05, 4.69) is 26.1 Å². The largest absolute Gasteiger partial charge is 0.495 e. The maximum absolute atomic E-state index is 13.0. The highest BCUT2D eigenvalue weighted by Gasteiger charge is 2.36. The fourth-order valence-electron chi connectivity index (χ4n) is 3.89. The van der Waals surface area contributed by atoms with Crippen molar-refractivity contribution >= 4 is 35.0 Å². The van der Waals surface area contributed by atoms with Gasteiger partial charge < -0.3 is 10.1 Å². The standard InChI is InChI=1S/C27H28N2O3S/c1-27(2,3)19-15-13-18(14-16-19)25(31)28-21-10-6-5-9-20(21)26-29(24(30)17-33-26)22-11-7-8-12-23(22)32-4/h5-16,26H,17H2,1-4H3,(H,28,31). The number of benzene rings is 3. The van der Waals surface area contributed by atoms with E-state index in [-0.39, 0.29) is 22.6 Å². The van der Waals surface area contributed by atoms with Gasteiger partial charge in [0.15, 0.2) is 0 Å². The minimum absolute atomic E-state index is 0.00778. The van der Waals surface area contributed by atoms with E-state index in [1.165, 1.54) is 17.3 Å². The van der Waals surface area contributed by atoms with Crippen LogP contribution in [0.4, 0.5) is 11.4 Å². The van der Waals surface area contributed by atoms with Gasteiger partial charge in [-0.3, -0.25) is 14.5 Å². The lowest BCUT2D eigenvalue weighted by Gasteiger charge is -2.27. The second-order valence-corrected chi connectivity index (χ2v) is 10.0. The van der Waals surface area contributed by atoms with E-state index in [0.29, 0.717) is 22.8 Å². The van der Waals surface area contributed by atoms with E-state index in [4.69, 9.17) is 4.74 Å². The first-order valence-corrected chi connectivity index (χ1v) is 11.9. The van der Waals surface area contributed by atoms with Gasteiger partial charge in [-0.1, -0.05) is 63.2 Å². The third-order valence-corrected chi connectivity index (χ3v) is 6.89. The molecule has 0 aromatic heterocycles. The summed E-state index contributed by atoms with van der Waals surface area (Å²) in [6.45, 7) is 6.44. The summed E-state index contributed by atoms with van der Waals surface area (Å²) >= 11 is 1.54. The van der Waals surface area contributed by atoms with Crippen molar-refractivity contribution in [1.82, 2.24) is 0 Å². The van der Waals surface area contributed by atoms with Crippen molar-refractivity contribution in [3.63, 3.8) is 0 Å². The number of thioether (sulfide) groups is 1. The zero-order valence-electron chi connectivity index (χ0n) is 19.3. The van der Waals surface area contributed by atoms with Gasteiger partial charge in [-0.05, 0) is 41.3 Å². The highest BCUT2D eigenvalue weighted by molar-refractivity contribution is 8.00. The van der Waals surface area contributed by atoms with Crippen molar-refractivity contribution in [3.05, 3.63) is 89.5 Å². The zero-order valence-corrected chi connectivity index (χ0v) is 20.1. The smallest absolute Gasteiger partial charge is 0.255 e. The Morgan fingerprint density at radius 2 is 1.67 bits per heavy atom. The summed E-state index contributed by atoms with van der Waals surface area (Å²) in [6.07, 6.45) is 0. The van der Waals surface area contributed by atoms with Crippen LogP contribution < -0.4 is 15.0 Å². The van der Waals surface area contributed by atoms with Crippen LogP contribution in [-0.2, 0) is 10.2 Å². The Kier molecular flexibility index (Phi) is 6.47. The van der Waals surface area contributed by atoms with Crippen molar-refractivity contribution in [3.8, 4) is 5.75 Å². The van der Waals surface area contributed by atoms with Crippen LogP contribution in [-0.4, -0.2) is 24.7 Å². The predicted molar refractivity (Wildman–Crippen MR) is 135 cm³/mol. The number of para-hydroxylation sites is 3. The van der Waals surface area contributed by atoms with E-state index in [1.54, 1.807) is 12.0 Å². The van der Waals surface area contributed by atoms with E-state index < -0.39 is 0 Å². The van der Waals surface area contributed by atoms with Crippen LogP contribution in [0.5, 0.6) is 5.75 Å². The highest BCUT2D eigenvalue weighted by Crippen LogP contribution is 2.46. The zero-order chi connectivity index (χ0) is 23.6. The van der Waals surface area contributed by atoms with Crippen LogP contribution >= 0.6 is 11.8 Å². The fourth-order valence-corrected chi connectivity index (χ4v) is 5.09. The Balaban J connectivity index is 1.63. The monoisotopic (exact) mass is 460 g/mol. The molecule has 3 aromatic rings. The average Bonchev–Trinajstić information content (AvgIpc) is 3.19. The Bertz CT molecular complexity index is 1170. The van der Waals surface area contributed by atoms with E-state index >= 15 is 0 Å². The number of nitrogens with one attached hydrogen (secondary N) is 1. The minimum atomic E-state index is -0.270. The third-order valence-electron chi connectivity index (χ3n) is 5.70. The van der Waals surface area contributed by atoms with Crippen LogP contribution in [0.25, 0.3) is 0 Å². The lowest BCUT2D eigenvalue weighted by molar-refractivity contribution is -0.115. The second-order valence-electron chi connectivity index (χ2n) is 8.97. The van der Waals surface area contributed by atoms with Gasteiger partial charge in [-0.25, -0.2) is 0 Å². The summed E-state index contributed by atoms with van der Waals surface area (Å²) in [4.78, 5) is 27.7. The van der Waals surface area contributed by atoms with Gasteiger partial charge in [0.05, 0.1) is 18.6 Å². The summed E-state index contributed by atoms with van der Waals surface area (Å²) in [7, 11) is 1.60. The average molecular weight is 461 g/mol. The molecule has 5 nitrogen and oxygen atoms in total. The quantitative estimate of drug-likeness (QED) is 0.506. The number of hydrogen-bond acceptors (Lipinski definition) is 4. The summed E-state index contributed by atoms with van der Waals surface area (Å²) in [5.41, 5.74) is 4.07. The molecule has 0 aliphatic carbocycles. The molecule has 0 spiro atoms. The molecule has 1 atom stereocenters. The maximum Gasteiger partial charge on any atom is 0.255 e. The third kappa shape index (κ3) is 4.76. The number of amides is 2. The minimum Gasteiger partial charge on any atom is -0.495 e. The molecule has 170 valence electrons. The Morgan fingerprint density at radius 3 is 2.36 bits per heavy atom. The van der Waals surface area contributed by atoms with Crippen molar-refractivity contribution in [1.29, 1.82) is 0 Å². The molecule has 1 saturated heterocycles. The highest BCUT2D eigenvalue weighted by atomic mass is 32.2. The lowest BCUT2D eigenvalue weighted by Crippen LogP contribution is -2.29. The molecule has 1 heterocycles. The molecule has 2 amide bonds. The summed E-state index contributed by atoms with van der Waals surface area (Å²) in [5.74, 6) is 0.826. The number of ether oxygens (including phenoxy) is 1. The van der Waals surface area contributed by atoms with E-state index in [0.717, 1.165) is 11.3 Å². The maximum atomic E-state index is 13.0. The first-order valence-electron chi connectivity index (χ1n) is 10.9. The van der Waals surface area contributed by atoms with Crippen molar-refractivity contribution < 1.29 is 14.3 Å². The molecule has 1 fully saturated rings. The van der Waals surface area contributed by atoms with Gasteiger partial charge in [0.1, 0.15) is 11.1 Å². The summed E-state index contributed by atoms with van der Waals surface area (Å²) in [5, 5.41) is 2.79. The van der Waals surface area contributed by atoms with Gasteiger partial charge in [0, 0.05) is 16.8 Å². The Hall–Kier alpha value is -3.25. The van der Waals surface area contributed by atoms with Gasteiger partial charge in [-0.15, -0.1) is 11.8 Å². The number of anilines is 2. The molecule has 0 radical (unpaired) electrons.